The number of likely N-dealkylation sites (tertiary alicyclic amines) is 1. The summed E-state index contributed by atoms with van der Waals surface area (Å²) < 4.78 is 23.7. The number of urea groups is 1. The Morgan fingerprint density at radius 3 is 2.40 bits per heavy atom. The number of pyridine rings is 1. The second-order valence-corrected chi connectivity index (χ2v) is 10.6. The molecule has 0 atom stereocenters. The molecule has 2 aromatic carbocycles. The maximum absolute atomic E-state index is 15.1. The molecule has 0 aliphatic carbocycles. The molecule has 0 radical (unpaired) electrons. The smallest absolute Gasteiger partial charge is 0.323 e. The van der Waals surface area contributed by atoms with Gasteiger partial charge in [0.1, 0.15) is 17.1 Å². The molecular weight excluding hydrogens is 541 g/mol. The number of benzene rings is 2. The number of aromatic nitrogens is 3. The first-order valence-electron chi connectivity index (χ1n) is 13.5. The number of rotatable bonds is 7. The number of halogens is 1. The van der Waals surface area contributed by atoms with Gasteiger partial charge in [-0.25, -0.2) is 18.9 Å². The molecule has 1 aliphatic rings. The van der Waals surface area contributed by atoms with Crippen molar-refractivity contribution in [2.75, 3.05) is 23.7 Å². The lowest BCUT2D eigenvalue weighted by atomic mass is 9.97. The normalized spacial score (nSPS) is 13.2. The predicted octanol–water partition coefficient (Wildman–Crippen LogP) is 4.58. The Morgan fingerprint density at radius 1 is 1.02 bits per heavy atom. The van der Waals surface area contributed by atoms with E-state index in [1.54, 1.807) is 54.7 Å². The third-order valence-corrected chi connectivity index (χ3v) is 6.88. The van der Waals surface area contributed by atoms with Crippen LogP contribution in [0.15, 0.2) is 71.7 Å². The summed E-state index contributed by atoms with van der Waals surface area (Å²) in [4.78, 5) is 45.1. The van der Waals surface area contributed by atoms with Crippen LogP contribution in [0.3, 0.4) is 0 Å². The van der Waals surface area contributed by atoms with Crippen molar-refractivity contribution in [3.05, 3.63) is 94.3 Å². The summed E-state index contributed by atoms with van der Waals surface area (Å²) in [5.41, 5.74) is 5.64. The van der Waals surface area contributed by atoms with E-state index in [0.717, 1.165) is 18.9 Å². The van der Waals surface area contributed by atoms with Crippen molar-refractivity contribution in [3.63, 3.8) is 0 Å². The summed E-state index contributed by atoms with van der Waals surface area (Å²) in [5, 5.41) is 5.34. The van der Waals surface area contributed by atoms with Gasteiger partial charge in [0.15, 0.2) is 11.6 Å². The summed E-state index contributed by atoms with van der Waals surface area (Å²) in [6.45, 7) is 4.77. The number of anilines is 2. The van der Waals surface area contributed by atoms with E-state index in [2.05, 4.69) is 15.6 Å². The summed E-state index contributed by atoms with van der Waals surface area (Å²) in [7, 11) is 1.66. The standard InChI is InChI=1S/C30H32FN7O4/c1-30(2,32)26-25(28(40)38(36(26)3)20-9-5-4-6-10-20)27(39)34-19-11-12-23(22(31)17-19)42-21-13-14-33-24(18-21)35-29(41)37-15-7-8-16-37/h4-6,9-14,17-18H,7-8,15-16,32H2,1-3H3,(H,34,39)(H,33,35,41). The van der Waals surface area contributed by atoms with Crippen LogP contribution in [0.4, 0.5) is 20.7 Å². The van der Waals surface area contributed by atoms with Crippen LogP contribution >= 0.6 is 0 Å². The van der Waals surface area contributed by atoms with Gasteiger partial charge in [-0.1, -0.05) is 18.2 Å². The molecule has 11 nitrogen and oxygen atoms in total. The zero-order valence-corrected chi connectivity index (χ0v) is 23.6. The summed E-state index contributed by atoms with van der Waals surface area (Å²) in [6.07, 6.45) is 3.37. The van der Waals surface area contributed by atoms with E-state index in [1.807, 2.05) is 6.07 Å². The highest BCUT2D eigenvalue weighted by Gasteiger charge is 2.32. The van der Waals surface area contributed by atoms with Crippen molar-refractivity contribution in [3.8, 4) is 17.2 Å². The van der Waals surface area contributed by atoms with E-state index in [0.29, 0.717) is 24.5 Å². The quantitative estimate of drug-likeness (QED) is 0.296. The second kappa shape index (κ2) is 11.5. The number of hydrogen-bond acceptors (Lipinski definition) is 6. The van der Waals surface area contributed by atoms with Crippen molar-refractivity contribution in [2.45, 2.75) is 32.2 Å². The van der Waals surface area contributed by atoms with Crippen molar-refractivity contribution in [1.29, 1.82) is 0 Å². The van der Waals surface area contributed by atoms with Gasteiger partial charge in [-0.15, -0.1) is 0 Å². The largest absolute Gasteiger partial charge is 0.454 e. The zero-order chi connectivity index (χ0) is 30.0. The molecule has 0 spiro atoms. The molecule has 3 heterocycles. The highest BCUT2D eigenvalue weighted by Crippen LogP contribution is 2.29. The third kappa shape index (κ3) is 5.88. The molecular formula is C30H32FN7O4. The molecule has 12 heteroatoms. The van der Waals surface area contributed by atoms with Crippen LogP contribution in [-0.4, -0.2) is 44.3 Å². The Kier molecular flexibility index (Phi) is 7.81. The van der Waals surface area contributed by atoms with Crippen LogP contribution in [0.25, 0.3) is 5.69 Å². The van der Waals surface area contributed by atoms with Crippen LogP contribution in [-0.2, 0) is 12.6 Å². The average Bonchev–Trinajstić information content (AvgIpc) is 3.57. The Balaban J connectivity index is 1.35. The van der Waals surface area contributed by atoms with Gasteiger partial charge in [0.05, 0.1) is 16.9 Å². The molecule has 4 N–H and O–H groups in total. The minimum atomic E-state index is -1.04. The van der Waals surface area contributed by atoms with Crippen molar-refractivity contribution < 1.29 is 18.7 Å². The Bertz CT molecular complexity index is 1690. The lowest BCUT2D eigenvalue weighted by molar-refractivity contribution is 0.102. The van der Waals surface area contributed by atoms with Crippen LogP contribution in [0.1, 0.15) is 42.7 Å². The van der Waals surface area contributed by atoms with E-state index in [4.69, 9.17) is 10.5 Å². The fourth-order valence-corrected chi connectivity index (χ4v) is 5.04. The lowest BCUT2D eigenvalue weighted by Crippen LogP contribution is -2.34. The fourth-order valence-electron chi connectivity index (χ4n) is 5.04. The van der Waals surface area contributed by atoms with Gasteiger partial charge in [0.25, 0.3) is 11.5 Å². The Labute approximate surface area is 241 Å². The first-order valence-corrected chi connectivity index (χ1v) is 13.5. The molecule has 1 aliphatic heterocycles. The molecule has 42 heavy (non-hydrogen) atoms. The van der Waals surface area contributed by atoms with E-state index in [9.17, 15) is 14.4 Å². The number of amides is 3. The van der Waals surface area contributed by atoms with Gasteiger partial charge in [-0.2, -0.15) is 0 Å². The molecule has 0 bridgehead atoms. The van der Waals surface area contributed by atoms with Gasteiger partial charge in [0, 0.05) is 44.2 Å². The average molecular weight is 574 g/mol. The van der Waals surface area contributed by atoms with Crippen molar-refractivity contribution in [2.24, 2.45) is 12.8 Å². The van der Waals surface area contributed by atoms with Gasteiger partial charge < -0.3 is 20.7 Å². The fraction of sp³-hybridized carbons (Fsp3) is 0.267. The monoisotopic (exact) mass is 573 g/mol. The maximum Gasteiger partial charge on any atom is 0.323 e. The summed E-state index contributed by atoms with van der Waals surface area (Å²) in [5.74, 6) is -1.04. The molecule has 218 valence electrons. The number of nitrogens with two attached hydrogens (primary N) is 1. The molecule has 2 aromatic heterocycles. The summed E-state index contributed by atoms with van der Waals surface area (Å²) in [6, 6.07) is 15.6. The summed E-state index contributed by atoms with van der Waals surface area (Å²) >= 11 is 0. The zero-order valence-electron chi connectivity index (χ0n) is 23.6. The van der Waals surface area contributed by atoms with Gasteiger partial charge in [-0.05, 0) is 57.0 Å². The van der Waals surface area contributed by atoms with Crippen LogP contribution in [0, 0.1) is 5.82 Å². The van der Waals surface area contributed by atoms with E-state index < -0.39 is 22.8 Å². The minimum Gasteiger partial charge on any atom is -0.454 e. The lowest BCUT2D eigenvalue weighted by Gasteiger charge is -2.22. The van der Waals surface area contributed by atoms with E-state index in [1.165, 1.54) is 35.1 Å². The number of hydrogen-bond donors (Lipinski definition) is 3. The first kappa shape index (κ1) is 28.6. The molecule has 5 rings (SSSR count). The van der Waals surface area contributed by atoms with Crippen LogP contribution < -0.4 is 26.7 Å². The van der Waals surface area contributed by atoms with E-state index >= 15 is 4.39 Å². The second-order valence-electron chi connectivity index (χ2n) is 10.6. The topological polar surface area (TPSA) is 137 Å². The number of carbonyl (C=O) groups excluding carboxylic acids is 2. The Hall–Kier alpha value is -4.97. The SMILES string of the molecule is Cn1c(C(C)(C)N)c(C(=O)Nc2ccc(Oc3ccnc(NC(=O)N4CCCC4)c3)c(F)c2)c(=O)n1-c1ccccc1. The number of nitrogens with zero attached hydrogens (tertiary/aromatic N) is 4. The molecule has 1 fully saturated rings. The van der Waals surface area contributed by atoms with Crippen LogP contribution in [0.5, 0.6) is 11.5 Å². The molecule has 3 amide bonds. The molecule has 4 aromatic rings. The van der Waals surface area contributed by atoms with Crippen molar-refractivity contribution in [1.82, 2.24) is 19.2 Å². The van der Waals surface area contributed by atoms with Gasteiger partial charge in [0.2, 0.25) is 0 Å². The minimum absolute atomic E-state index is 0.106. The third-order valence-electron chi connectivity index (χ3n) is 6.88. The first-order chi connectivity index (χ1) is 20.0. The predicted molar refractivity (Wildman–Crippen MR) is 157 cm³/mol. The highest BCUT2D eigenvalue weighted by atomic mass is 19.1. The Morgan fingerprint density at radius 2 is 1.74 bits per heavy atom. The molecule has 0 saturated carbocycles. The van der Waals surface area contributed by atoms with Crippen LogP contribution in [0.2, 0.25) is 0 Å². The van der Waals surface area contributed by atoms with Crippen molar-refractivity contribution >= 4 is 23.4 Å². The molecule has 0 unspecified atom stereocenters. The number of nitrogens with one attached hydrogen (secondary N) is 2. The van der Waals surface area contributed by atoms with Gasteiger partial charge >= 0.3 is 6.03 Å². The number of para-hydroxylation sites is 1. The number of ether oxygens (including phenoxy) is 1. The number of carbonyl (C=O) groups is 2. The maximum atomic E-state index is 15.1. The van der Waals surface area contributed by atoms with E-state index in [-0.39, 0.29) is 34.6 Å². The van der Waals surface area contributed by atoms with Gasteiger partial charge in [-0.3, -0.25) is 19.6 Å². The molecule has 1 saturated heterocycles. The highest BCUT2D eigenvalue weighted by molar-refractivity contribution is 6.05.